The first-order valence-electron chi connectivity index (χ1n) is 7.14. The van der Waals surface area contributed by atoms with Crippen LogP contribution in [0.15, 0.2) is 85.1 Å². The Labute approximate surface area is 171 Å². The van der Waals surface area contributed by atoms with Crippen LogP contribution in [0, 0.1) is 0 Å². The van der Waals surface area contributed by atoms with Crippen molar-refractivity contribution < 1.29 is 15.1 Å². The van der Waals surface area contributed by atoms with E-state index in [1.54, 1.807) is 6.20 Å². The molecule has 0 aliphatic carbocycles. The Kier molecular flexibility index (Phi) is 18.1. The molecule has 0 amide bonds. The number of rotatable bonds is 1. The first-order valence-corrected chi connectivity index (χ1v) is 12.8. The van der Waals surface area contributed by atoms with Crippen LogP contribution in [-0.2, 0) is 21.7 Å². The van der Waals surface area contributed by atoms with Crippen molar-refractivity contribution in [2.45, 2.75) is 6.54 Å². The topological polar surface area (TPSA) is 36.7 Å². The van der Waals surface area contributed by atoms with E-state index < -0.39 is 0 Å². The van der Waals surface area contributed by atoms with Gasteiger partial charge in [0.05, 0.1) is 0 Å². The second-order valence-corrected chi connectivity index (χ2v) is 8.34. The minimum atomic E-state index is -0.346. The molecule has 2 unspecified atom stereocenters. The van der Waals surface area contributed by atoms with Crippen molar-refractivity contribution in [3.05, 3.63) is 96.5 Å². The van der Waals surface area contributed by atoms with Gasteiger partial charge in [0.25, 0.3) is 0 Å². The predicted octanol–water partition coefficient (Wildman–Crippen LogP) is 5.38. The molecule has 0 spiro atoms. The summed E-state index contributed by atoms with van der Waals surface area (Å²) in [6.07, 6.45) is 1.70. The number of halogens is 2. The van der Waals surface area contributed by atoms with Gasteiger partial charge in [-0.3, -0.25) is 4.98 Å². The van der Waals surface area contributed by atoms with Gasteiger partial charge in [-0.05, 0) is 22.7 Å². The summed E-state index contributed by atoms with van der Waals surface area (Å²) < 4.78 is 0. The van der Waals surface area contributed by atoms with Gasteiger partial charge in [0.1, 0.15) is 0 Å². The first kappa shape index (κ1) is 24.6. The summed E-state index contributed by atoms with van der Waals surface area (Å²) in [5.41, 5.74) is 7.71. The van der Waals surface area contributed by atoms with Crippen LogP contribution >= 0.6 is 37.9 Å². The van der Waals surface area contributed by atoms with E-state index >= 15 is 0 Å². The zero-order chi connectivity index (χ0) is 18.8. The summed E-state index contributed by atoms with van der Waals surface area (Å²) in [6.45, 7) is 0.279. The molecule has 0 fully saturated rings. The van der Waals surface area contributed by atoms with Crippen molar-refractivity contribution in [1.29, 1.82) is 0 Å². The summed E-state index contributed by atoms with van der Waals surface area (Å²) in [4.78, 5) is 3.91. The van der Waals surface area contributed by atoms with E-state index in [1.165, 1.54) is 10.6 Å². The van der Waals surface area contributed by atoms with Gasteiger partial charge in [0.2, 0.25) is 0 Å². The Morgan fingerprint density at radius 2 is 1.16 bits per heavy atom. The summed E-state index contributed by atoms with van der Waals surface area (Å²) in [5, 5.41) is 2.48. The van der Waals surface area contributed by atoms with E-state index in [0.717, 1.165) is 5.69 Å². The van der Waals surface area contributed by atoms with Crippen molar-refractivity contribution in [3.8, 4) is 0 Å². The average molecular weight is 499 g/mol. The standard InChI is InChI=1S/C6H7N2.2C6H7P.2ClH.Ru/c7-5-6-3-1-2-4-8-6;2*7-6-4-2-1-3-5-6;;;/h1-4,7H,5H2;2*1-5H,7H2;2*1H;/q-1;;;;;+2/p-2. The summed E-state index contributed by atoms with van der Waals surface area (Å²) in [6, 6.07) is 25.8. The maximum Gasteiger partial charge on any atom is 0.0270 e. The SMILES string of the molecule is Pc1ccccc1.Pc1ccccc1.[Cl][Ru][Cl].[NH-]Cc1ccccn1. The molecular weight excluding hydrogens is 478 g/mol. The fourth-order valence-electron chi connectivity index (χ4n) is 1.41. The van der Waals surface area contributed by atoms with Gasteiger partial charge in [0, 0.05) is 11.9 Å². The molecule has 1 aromatic heterocycles. The molecule has 0 saturated carbocycles. The number of nitrogens with zero attached hydrogens (tertiary/aromatic N) is 1. The zero-order valence-electron chi connectivity index (χ0n) is 13.5. The smallest absolute Gasteiger partial charge is 0.0270 e. The molecule has 2 nitrogen and oxygen atoms in total. The van der Waals surface area contributed by atoms with Crippen molar-refractivity contribution in [2.24, 2.45) is 0 Å². The van der Waals surface area contributed by atoms with E-state index in [4.69, 9.17) is 25.1 Å². The monoisotopic (exact) mass is 499 g/mol. The summed E-state index contributed by atoms with van der Waals surface area (Å²) in [7, 11) is 15.0. The zero-order valence-corrected chi connectivity index (χ0v) is 19.1. The Balaban J connectivity index is 0.000000321. The number of benzene rings is 2. The maximum atomic E-state index is 6.88. The Morgan fingerprint density at radius 3 is 1.36 bits per heavy atom. The third kappa shape index (κ3) is 16.8. The Hall–Kier alpha value is -0.387. The van der Waals surface area contributed by atoms with Crippen LogP contribution in [0.2, 0.25) is 0 Å². The predicted molar refractivity (Wildman–Crippen MR) is 116 cm³/mol. The number of pyridine rings is 1. The molecule has 2 atom stereocenters. The second kappa shape index (κ2) is 18.4. The number of aromatic nitrogens is 1. The fourth-order valence-corrected chi connectivity index (χ4v) is 1.85. The van der Waals surface area contributed by atoms with Gasteiger partial charge in [-0.15, -0.1) is 25.0 Å². The average Bonchev–Trinajstić information content (AvgIpc) is 2.65. The molecule has 1 heterocycles. The molecule has 0 saturated heterocycles. The van der Waals surface area contributed by atoms with E-state index in [1.807, 2.05) is 78.9 Å². The molecule has 0 aliphatic heterocycles. The molecule has 7 heteroatoms. The van der Waals surface area contributed by atoms with Crippen molar-refractivity contribution in [2.75, 3.05) is 0 Å². The van der Waals surface area contributed by atoms with E-state index in [9.17, 15) is 0 Å². The van der Waals surface area contributed by atoms with Crippen molar-refractivity contribution in [1.82, 2.24) is 4.98 Å². The molecule has 1 N–H and O–H groups in total. The molecule has 25 heavy (non-hydrogen) atoms. The van der Waals surface area contributed by atoms with E-state index in [0.29, 0.717) is 0 Å². The van der Waals surface area contributed by atoms with Gasteiger partial charge in [0.15, 0.2) is 0 Å². The van der Waals surface area contributed by atoms with Crippen LogP contribution in [0.3, 0.4) is 0 Å². The molecule has 0 radical (unpaired) electrons. The van der Waals surface area contributed by atoms with Crippen LogP contribution in [0.1, 0.15) is 5.69 Å². The minimum Gasteiger partial charge on any atom is -0.672 e. The third-order valence-electron chi connectivity index (χ3n) is 2.51. The quantitative estimate of drug-likeness (QED) is 0.327. The summed E-state index contributed by atoms with van der Waals surface area (Å²) >= 11 is -0.346. The number of nitrogens with one attached hydrogen (secondary N) is 1. The van der Waals surface area contributed by atoms with Gasteiger partial charge in [-0.2, -0.15) is 0 Å². The molecule has 0 bridgehead atoms. The van der Waals surface area contributed by atoms with Crippen LogP contribution in [-0.4, -0.2) is 4.98 Å². The van der Waals surface area contributed by atoms with Crippen molar-refractivity contribution in [3.63, 3.8) is 0 Å². The van der Waals surface area contributed by atoms with Crippen molar-refractivity contribution >= 4 is 48.5 Å². The van der Waals surface area contributed by atoms with Crippen LogP contribution in [0.4, 0.5) is 0 Å². The fraction of sp³-hybridized carbons (Fsp3) is 0.0556. The molecule has 0 aliphatic rings. The van der Waals surface area contributed by atoms with E-state index in [-0.39, 0.29) is 21.7 Å². The molecular formula is C18H21Cl2N2P2Ru-. The largest absolute Gasteiger partial charge is 0.672 e. The van der Waals surface area contributed by atoms with Crippen LogP contribution in [0.5, 0.6) is 0 Å². The molecule has 3 aromatic rings. The number of hydrogen-bond donors (Lipinski definition) is 0. The third-order valence-corrected chi connectivity index (χ3v) is 3.28. The second-order valence-electron chi connectivity index (χ2n) is 4.37. The van der Waals surface area contributed by atoms with E-state index in [2.05, 4.69) is 23.5 Å². The summed E-state index contributed by atoms with van der Waals surface area (Å²) in [5.74, 6) is 0. The first-order chi connectivity index (χ1) is 12.1. The minimum absolute atomic E-state index is 0.279. The van der Waals surface area contributed by atoms with Crippen LogP contribution < -0.4 is 10.6 Å². The maximum absolute atomic E-state index is 6.88. The van der Waals surface area contributed by atoms with Gasteiger partial charge in [-0.1, -0.05) is 66.7 Å². The molecule has 3 rings (SSSR count). The molecule has 2 aromatic carbocycles. The van der Waals surface area contributed by atoms with Gasteiger partial charge < -0.3 is 5.73 Å². The van der Waals surface area contributed by atoms with Crippen LogP contribution in [0.25, 0.3) is 5.73 Å². The Morgan fingerprint density at radius 1 is 0.760 bits per heavy atom. The number of hydrogen-bond acceptors (Lipinski definition) is 1. The van der Waals surface area contributed by atoms with Gasteiger partial charge in [-0.25, -0.2) is 0 Å². The molecule has 136 valence electrons. The normalized spacial score (nSPS) is 8.68. The Bertz CT molecular complexity index is 595. The van der Waals surface area contributed by atoms with Gasteiger partial charge >= 0.3 is 34.5 Å².